The lowest BCUT2D eigenvalue weighted by atomic mass is 10.1. The Morgan fingerprint density at radius 3 is 2.74 bits per heavy atom. The number of benzene rings is 1. The van der Waals surface area contributed by atoms with Gasteiger partial charge in [0.15, 0.2) is 0 Å². The summed E-state index contributed by atoms with van der Waals surface area (Å²) in [7, 11) is 0. The summed E-state index contributed by atoms with van der Waals surface area (Å²) >= 11 is 5.88. The number of hydrogen-bond donors (Lipinski definition) is 2. The minimum Gasteiger partial charge on any atom is -0.506 e. The molecule has 0 saturated carbocycles. The molecule has 1 unspecified atom stereocenters. The van der Waals surface area contributed by atoms with Crippen LogP contribution in [-0.4, -0.2) is 10.3 Å². The summed E-state index contributed by atoms with van der Waals surface area (Å²) in [6.07, 6.45) is 0. The van der Waals surface area contributed by atoms with Gasteiger partial charge in [0, 0.05) is 18.2 Å². The Bertz CT molecular complexity index is 561. The van der Waals surface area contributed by atoms with Crippen molar-refractivity contribution >= 4 is 11.6 Å². The van der Waals surface area contributed by atoms with Crippen LogP contribution in [0, 0.1) is 13.8 Å². The molecule has 1 aromatic heterocycles. The topological polar surface area (TPSA) is 58.3 Å². The molecule has 0 aliphatic heterocycles. The summed E-state index contributed by atoms with van der Waals surface area (Å²) in [4.78, 5) is 0. The number of aromatic nitrogens is 1. The van der Waals surface area contributed by atoms with E-state index >= 15 is 0 Å². The highest BCUT2D eigenvalue weighted by atomic mass is 35.5. The van der Waals surface area contributed by atoms with Crippen LogP contribution in [0.15, 0.2) is 22.7 Å². The summed E-state index contributed by atoms with van der Waals surface area (Å²) in [6.45, 7) is 6.56. The smallest absolute Gasteiger partial charge is 0.138 e. The molecule has 1 heterocycles. The number of halogens is 1. The zero-order valence-corrected chi connectivity index (χ0v) is 12.0. The van der Waals surface area contributed by atoms with E-state index in [1.165, 1.54) is 0 Å². The monoisotopic (exact) mass is 280 g/mol. The van der Waals surface area contributed by atoms with Gasteiger partial charge in [-0.25, -0.2) is 0 Å². The quantitative estimate of drug-likeness (QED) is 0.900. The zero-order chi connectivity index (χ0) is 14.0. The predicted octanol–water partition coefficient (Wildman–Crippen LogP) is 3.50. The molecule has 102 valence electrons. The molecule has 0 saturated heterocycles. The van der Waals surface area contributed by atoms with Gasteiger partial charge in [-0.3, -0.25) is 0 Å². The van der Waals surface area contributed by atoms with Crippen LogP contribution in [0.5, 0.6) is 5.75 Å². The van der Waals surface area contributed by atoms with Crippen molar-refractivity contribution in [3.8, 4) is 5.75 Å². The highest BCUT2D eigenvalue weighted by Gasteiger charge is 2.15. The Morgan fingerprint density at radius 2 is 2.16 bits per heavy atom. The number of phenolic OH excluding ortho intramolecular Hbond substituents is 1. The minimum absolute atomic E-state index is 0.101. The van der Waals surface area contributed by atoms with Gasteiger partial charge < -0.3 is 14.9 Å². The fourth-order valence-corrected chi connectivity index (χ4v) is 2.34. The number of nitrogens with one attached hydrogen (secondary N) is 1. The Hall–Kier alpha value is -1.52. The van der Waals surface area contributed by atoms with Gasteiger partial charge in [0.25, 0.3) is 0 Å². The van der Waals surface area contributed by atoms with Crippen LogP contribution in [0.4, 0.5) is 0 Å². The van der Waals surface area contributed by atoms with Crippen LogP contribution in [0.2, 0.25) is 5.02 Å². The average Bonchev–Trinajstić information content (AvgIpc) is 2.70. The van der Waals surface area contributed by atoms with Gasteiger partial charge in [-0.15, -0.1) is 0 Å². The fraction of sp³-hybridized carbons (Fsp3) is 0.357. The summed E-state index contributed by atoms with van der Waals surface area (Å²) in [5.41, 5.74) is 3.01. The third-order valence-electron chi connectivity index (χ3n) is 3.15. The van der Waals surface area contributed by atoms with Crippen molar-refractivity contribution in [3.63, 3.8) is 0 Å². The van der Waals surface area contributed by atoms with Crippen molar-refractivity contribution in [2.45, 2.75) is 33.4 Å². The van der Waals surface area contributed by atoms with Crippen molar-refractivity contribution in [2.75, 3.05) is 0 Å². The largest absolute Gasteiger partial charge is 0.506 e. The molecular weight excluding hydrogens is 264 g/mol. The number of phenols is 1. The van der Waals surface area contributed by atoms with Crippen LogP contribution in [0.1, 0.15) is 35.5 Å². The highest BCUT2D eigenvalue weighted by molar-refractivity contribution is 6.32. The van der Waals surface area contributed by atoms with E-state index in [9.17, 15) is 5.11 Å². The van der Waals surface area contributed by atoms with E-state index in [4.69, 9.17) is 16.1 Å². The number of nitrogens with zero attached hydrogens (tertiary/aromatic N) is 1. The van der Waals surface area contributed by atoms with Crippen LogP contribution >= 0.6 is 11.6 Å². The maximum Gasteiger partial charge on any atom is 0.138 e. The highest BCUT2D eigenvalue weighted by Crippen LogP contribution is 2.25. The van der Waals surface area contributed by atoms with E-state index in [1.54, 1.807) is 12.1 Å². The Labute approximate surface area is 117 Å². The maximum atomic E-state index is 9.37. The third kappa shape index (κ3) is 3.08. The van der Waals surface area contributed by atoms with Crippen molar-refractivity contribution < 1.29 is 9.63 Å². The first-order chi connectivity index (χ1) is 8.99. The molecule has 0 spiro atoms. The van der Waals surface area contributed by atoms with E-state index in [1.807, 2.05) is 19.9 Å². The molecule has 1 atom stereocenters. The zero-order valence-electron chi connectivity index (χ0n) is 11.2. The predicted molar refractivity (Wildman–Crippen MR) is 74.3 cm³/mol. The Morgan fingerprint density at radius 1 is 1.42 bits per heavy atom. The molecule has 2 N–H and O–H groups in total. The molecule has 0 aliphatic carbocycles. The van der Waals surface area contributed by atoms with E-state index < -0.39 is 0 Å². The van der Waals surface area contributed by atoms with Crippen molar-refractivity contribution in [3.05, 3.63) is 45.8 Å². The van der Waals surface area contributed by atoms with E-state index in [0.29, 0.717) is 11.6 Å². The number of rotatable bonds is 4. The molecule has 19 heavy (non-hydrogen) atoms. The van der Waals surface area contributed by atoms with E-state index in [2.05, 4.69) is 17.4 Å². The molecule has 0 fully saturated rings. The molecular formula is C14H17ClN2O2. The summed E-state index contributed by atoms with van der Waals surface area (Å²) in [5.74, 6) is 0.936. The van der Waals surface area contributed by atoms with Gasteiger partial charge >= 0.3 is 0 Å². The first-order valence-electron chi connectivity index (χ1n) is 6.12. The average molecular weight is 281 g/mol. The van der Waals surface area contributed by atoms with Crippen molar-refractivity contribution in [1.82, 2.24) is 10.5 Å². The number of aromatic hydroxyl groups is 1. The first-order valence-corrected chi connectivity index (χ1v) is 6.50. The molecule has 1 aromatic carbocycles. The van der Waals surface area contributed by atoms with Gasteiger partial charge in [0.2, 0.25) is 0 Å². The second kappa shape index (κ2) is 5.63. The first kappa shape index (κ1) is 13.9. The minimum atomic E-state index is 0.101. The summed E-state index contributed by atoms with van der Waals surface area (Å²) in [6, 6.07) is 5.33. The van der Waals surface area contributed by atoms with Gasteiger partial charge in [-0.1, -0.05) is 22.8 Å². The molecule has 2 rings (SSSR count). The van der Waals surface area contributed by atoms with E-state index in [0.717, 1.165) is 22.6 Å². The van der Waals surface area contributed by atoms with Gasteiger partial charge in [0.05, 0.1) is 10.7 Å². The van der Waals surface area contributed by atoms with Gasteiger partial charge in [0.1, 0.15) is 11.5 Å². The fourth-order valence-electron chi connectivity index (χ4n) is 2.14. The molecule has 4 nitrogen and oxygen atoms in total. The number of hydrogen-bond acceptors (Lipinski definition) is 4. The molecule has 0 bridgehead atoms. The Kier molecular flexibility index (Phi) is 4.12. The molecule has 0 radical (unpaired) electrons. The lowest BCUT2D eigenvalue weighted by molar-refractivity contribution is 0.390. The molecule has 5 heteroatoms. The molecule has 0 aliphatic rings. The second-order valence-electron chi connectivity index (χ2n) is 4.63. The van der Waals surface area contributed by atoms with E-state index in [-0.39, 0.29) is 11.8 Å². The van der Waals surface area contributed by atoms with Gasteiger partial charge in [-0.05, 0) is 38.5 Å². The SMILES string of the molecule is Cc1noc(C)c1C(C)NCc1ccc(O)c(Cl)c1. The lowest BCUT2D eigenvalue weighted by Gasteiger charge is -2.14. The second-order valence-corrected chi connectivity index (χ2v) is 5.03. The third-order valence-corrected chi connectivity index (χ3v) is 3.45. The van der Waals surface area contributed by atoms with Crippen molar-refractivity contribution in [1.29, 1.82) is 0 Å². The van der Waals surface area contributed by atoms with Crippen LogP contribution in [-0.2, 0) is 6.54 Å². The number of aryl methyl sites for hydroxylation is 2. The lowest BCUT2D eigenvalue weighted by Crippen LogP contribution is -2.19. The van der Waals surface area contributed by atoms with Gasteiger partial charge in [-0.2, -0.15) is 0 Å². The van der Waals surface area contributed by atoms with Crippen LogP contribution < -0.4 is 5.32 Å². The molecule has 0 amide bonds. The standard InChI is InChI=1S/C14H17ClN2O2/c1-8(14-9(2)17-19-10(14)3)16-7-11-4-5-13(18)12(15)6-11/h4-6,8,16,18H,7H2,1-3H3. The Balaban J connectivity index is 2.04. The van der Waals surface area contributed by atoms with Crippen LogP contribution in [0.3, 0.4) is 0 Å². The summed E-state index contributed by atoms with van der Waals surface area (Å²) in [5, 5.41) is 17.1. The van der Waals surface area contributed by atoms with Crippen LogP contribution in [0.25, 0.3) is 0 Å². The summed E-state index contributed by atoms with van der Waals surface area (Å²) < 4.78 is 5.16. The van der Waals surface area contributed by atoms with Crippen molar-refractivity contribution in [2.24, 2.45) is 0 Å². The normalized spacial score (nSPS) is 12.6. The maximum absolute atomic E-state index is 9.37. The molecule has 2 aromatic rings.